The molecule has 0 saturated heterocycles. The number of halogens is 3. The summed E-state index contributed by atoms with van der Waals surface area (Å²) in [5.41, 5.74) is -2.04. The fraction of sp³-hybridized carbons (Fsp3) is 0.375. The Kier molecular flexibility index (Phi) is 9.78. The minimum Gasteiger partial charge on any atom is -0.451 e. The Bertz CT molecular complexity index is 1440. The van der Waals surface area contributed by atoms with Gasteiger partial charge in [-0.2, -0.15) is 17.2 Å². The normalized spacial score (nSPS) is 15.1. The number of esters is 3. The summed E-state index contributed by atoms with van der Waals surface area (Å²) in [6, 6.07) is 6.65. The molecular weight excluding hydrogens is 675 g/mol. The van der Waals surface area contributed by atoms with Gasteiger partial charge in [0, 0.05) is 15.7 Å². The van der Waals surface area contributed by atoms with Gasteiger partial charge in [0.15, 0.2) is 6.10 Å². The third kappa shape index (κ3) is 7.28. The first-order chi connectivity index (χ1) is 18.6. The van der Waals surface area contributed by atoms with Crippen LogP contribution < -0.4 is 9.47 Å². The third-order valence-electron chi connectivity index (χ3n) is 6.01. The summed E-state index contributed by atoms with van der Waals surface area (Å²) in [5.74, 6) is -4.18. The van der Waals surface area contributed by atoms with E-state index in [1.807, 2.05) is 22.6 Å². The van der Waals surface area contributed by atoms with Crippen molar-refractivity contribution in [3.63, 3.8) is 0 Å². The predicted octanol–water partition coefficient (Wildman–Crippen LogP) is 4.93. The molecule has 2 aromatic carbocycles. The van der Waals surface area contributed by atoms with Crippen LogP contribution in [0.1, 0.15) is 59.7 Å². The Hall–Kier alpha value is -3.25. The minimum absolute atomic E-state index is 0.0877. The summed E-state index contributed by atoms with van der Waals surface area (Å²) in [7, 11) is -5.98. The lowest BCUT2D eigenvalue weighted by Gasteiger charge is -2.21. The van der Waals surface area contributed by atoms with Gasteiger partial charge in [-0.15, -0.1) is 0 Å². The smallest absolute Gasteiger partial charge is 0.405 e. The Labute approximate surface area is 240 Å². The standard InChI is InChI=1S/C24H22F2INO11S/c1-13(24(25,26)40(34,35)36)37-23(31)18-12-16(8-10-19(18)28(32)33)38-22(30)17-9-7-15(27)11-20(17)39-21(29)14-5-3-2-4-6-14/h7-14H,2-6H2,1H3,(H,34,35,36). The molecule has 0 spiro atoms. The topological polar surface area (TPSA) is 176 Å². The van der Waals surface area contributed by atoms with E-state index in [0.717, 1.165) is 31.4 Å². The number of benzene rings is 2. The van der Waals surface area contributed by atoms with Gasteiger partial charge >= 0.3 is 33.3 Å². The van der Waals surface area contributed by atoms with Crippen molar-refractivity contribution in [3.05, 3.63) is 61.2 Å². The van der Waals surface area contributed by atoms with Crippen LogP contribution in [-0.2, 0) is 19.6 Å². The zero-order chi connectivity index (χ0) is 29.8. The molecule has 1 aliphatic carbocycles. The largest absolute Gasteiger partial charge is 0.451 e. The molecule has 40 heavy (non-hydrogen) atoms. The summed E-state index contributed by atoms with van der Waals surface area (Å²) in [6.45, 7) is 0.453. The number of alkyl halides is 2. The summed E-state index contributed by atoms with van der Waals surface area (Å²) >= 11 is 1.95. The molecule has 12 nitrogen and oxygen atoms in total. The van der Waals surface area contributed by atoms with E-state index in [2.05, 4.69) is 4.74 Å². The maximum absolute atomic E-state index is 13.8. The second-order valence-electron chi connectivity index (χ2n) is 8.81. The average Bonchev–Trinajstić information content (AvgIpc) is 2.88. The van der Waals surface area contributed by atoms with Gasteiger partial charge in [-0.3, -0.25) is 19.5 Å². The Morgan fingerprint density at radius 3 is 2.30 bits per heavy atom. The molecule has 0 aliphatic heterocycles. The number of ether oxygens (including phenoxy) is 3. The van der Waals surface area contributed by atoms with Crippen LogP contribution in [0.25, 0.3) is 0 Å². The molecule has 216 valence electrons. The Morgan fingerprint density at radius 1 is 1.05 bits per heavy atom. The lowest BCUT2D eigenvalue weighted by molar-refractivity contribution is -0.385. The number of hydrogen-bond donors (Lipinski definition) is 1. The number of rotatable bonds is 9. The number of nitrogens with zero attached hydrogens (tertiary/aromatic N) is 1. The summed E-state index contributed by atoms with van der Waals surface area (Å²) in [5, 5.41) is 6.47. The average molecular weight is 697 g/mol. The third-order valence-corrected chi connectivity index (χ3v) is 7.70. The van der Waals surface area contributed by atoms with Crippen LogP contribution in [0.3, 0.4) is 0 Å². The fourth-order valence-corrected chi connectivity index (χ4v) is 4.78. The minimum atomic E-state index is -5.98. The second-order valence-corrected chi connectivity index (χ2v) is 11.5. The molecule has 0 bridgehead atoms. The molecule has 0 heterocycles. The van der Waals surface area contributed by atoms with E-state index in [9.17, 15) is 41.7 Å². The van der Waals surface area contributed by atoms with Crippen LogP contribution in [0.4, 0.5) is 14.5 Å². The van der Waals surface area contributed by atoms with E-state index in [1.165, 1.54) is 18.2 Å². The van der Waals surface area contributed by atoms with E-state index in [-0.39, 0.29) is 17.2 Å². The van der Waals surface area contributed by atoms with Gasteiger partial charge in [0.1, 0.15) is 22.6 Å². The molecule has 2 aromatic rings. The van der Waals surface area contributed by atoms with Gasteiger partial charge in [-0.1, -0.05) is 19.3 Å². The highest BCUT2D eigenvalue weighted by Gasteiger charge is 2.52. The molecular formula is C24H22F2INO11S. The maximum atomic E-state index is 13.8. The van der Waals surface area contributed by atoms with E-state index >= 15 is 0 Å². The van der Waals surface area contributed by atoms with E-state index in [0.29, 0.717) is 29.4 Å². The molecule has 3 rings (SSSR count). The number of carbonyl (C=O) groups excluding carboxylic acids is 3. The zero-order valence-electron chi connectivity index (χ0n) is 20.7. The van der Waals surface area contributed by atoms with Crippen LogP contribution >= 0.6 is 22.6 Å². The van der Waals surface area contributed by atoms with Crippen molar-refractivity contribution in [2.45, 2.75) is 50.4 Å². The molecule has 1 unspecified atom stereocenters. The monoisotopic (exact) mass is 697 g/mol. The molecule has 1 N–H and O–H groups in total. The van der Waals surface area contributed by atoms with Crippen molar-refractivity contribution in [2.75, 3.05) is 0 Å². The molecule has 0 amide bonds. The van der Waals surface area contributed by atoms with Crippen LogP contribution in [0.15, 0.2) is 36.4 Å². The molecule has 0 radical (unpaired) electrons. The number of nitro benzene ring substituents is 1. The van der Waals surface area contributed by atoms with E-state index in [4.69, 9.17) is 14.0 Å². The SMILES string of the molecule is CC(OC(=O)c1cc(OC(=O)c2ccc(I)cc2OC(=O)C2CCCCC2)ccc1[N+](=O)[O-])C(F)(F)S(=O)(=O)O. The van der Waals surface area contributed by atoms with Gasteiger partial charge in [0.05, 0.1) is 10.8 Å². The van der Waals surface area contributed by atoms with Gasteiger partial charge in [-0.25, -0.2) is 9.59 Å². The number of carbonyl (C=O) groups is 3. The highest BCUT2D eigenvalue weighted by atomic mass is 127. The molecule has 1 fully saturated rings. The van der Waals surface area contributed by atoms with Crippen molar-refractivity contribution >= 4 is 56.3 Å². The van der Waals surface area contributed by atoms with Gasteiger partial charge in [-0.05, 0) is 66.6 Å². The van der Waals surface area contributed by atoms with Crippen LogP contribution in [0, 0.1) is 19.6 Å². The van der Waals surface area contributed by atoms with Gasteiger partial charge in [0.2, 0.25) is 0 Å². The van der Waals surface area contributed by atoms with Crippen LogP contribution in [-0.4, -0.2) is 47.2 Å². The summed E-state index contributed by atoms with van der Waals surface area (Å²) < 4.78 is 73.9. The first kappa shape index (κ1) is 31.3. The molecule has 1 atom stereocenters. The molecule has 1 aliphatic rings. The quantitative estimate of drug-likeness (QED) is 0.0939. The van der Waals surface area contributed by atoms with E-state index in [1.54, 1.807) is 0 Å². The summed E-state index contributed by atoms with van der Waals surface area (Å²) in [6.07, 6.45) is 1.32. The summed E-state index contributed by atoms with van der Waals surface area (Å²) in [4.78, 5) is 48.5. The Balaban J connectivity index is 1.86. The lowest BCUT2D eigenvalue weighted by Crippen LogP contribution is -2.42. The highest BCUT2D eigenvalue weighted by molar-refractivity contribution is 14.1. The number of hydrogen-bond acceptors (Lipinski definition) is 10. The first-order valence-electron chi connectivity index (χ1n) is 11.7. The molecule has 0 aromatic heterocycles. The van der Waals surface area contributed by atoms with Crippen LogP contribution in [0.5, 0.6) is 11.5 Å². The van der Waals surface area contributed by atoms with Crippen molar-refractivity contribution in [2.24, 2.45) is 5.92 Å². The van der Waals surface area contributed by atoms with Crippen molar-refractivity contribution < 1.29 is 55.3 Å². The highest BCUT2D eigenvalue weighted by Crippen LogP contribution is 2.32. The maximum Gasteiger partial charge on any atom is 0.405 e. The van der Waals surface area contributed by atoms with Crippen molar-refractivity contribution in [3.8, 4) is 11.5 Å². The first-order valence-corrected chi connectivity index (χ1v) is 14.2. The molecule has 1 saturated carbocycles. The lowest BCUT2D eigenvalue weighted by atomic mass is 9.89. The van der Waals surface area contributed by atoms with Gasteiger partial charge in [0.25, 0.3) is 5.69 Å². The van der Waals surface area contributed by atoms with Crippen molar-refractivity contribution in [1.82, 2.24) is 0 Å². The fourth-order valence-electron chi connectivity index (χ4n) is 3.84. The predicted molar refractivity (Wildman–Crippen MR) is 141 cm³/mol. The van der Waals surface area contributed by atoms with E-state index < -0.39 is 61.3 Å². The van der Waals surface area contributed by atoms with Crippen molar-refractivity contribution in [1.29, 1.82) is 0 Å². The van der Waals surface area contributed by atoms with Gasteiger partial charge < -0.3 is 14.2 Å². The molecule has 16 heteroatoms. The second kappa shape index (κ2) is 12.5. The Morgan fingerprint density at radius 2 is 1.70 bits per heavy atom. The zero-order valence-corrected chi connectivity index (χ0v) is 23.6. The van der Waals surface area contributed by atoms with Crippen LogP contribution in [0.2, 0.25) is 0 Å². The number of nitro groups is 1.